The quantitative estimate of drug-likeness (QED) is 0.551. The largest absolute Gasteiger partial charge is 0.387 e. The standard InChI is InChI=1S/C8H16N4/c1-7(2)5(9)11-6(10)12-8(7,3)4/h1-4H3,(H4,9,10,11,12). The Bertz CT molecular complexity index is 260. The lowest BCUT2D eigenvalue weighted by Crippen LogP contribution is -2.51. The molecule has 12 heavy (non-hydrogen) atoms. The Balaban J connectivity index is 3.18. The fourth-order valence-corrected chi connectivity index (χ4v) is 1.03. The minimum Gasteiger partial charge on any atom is -0.387 e. The van der Waals surface area contributed by atoms with Crippen LogP contribution in [0.3, 0.4) is 0 Å². The zero-order valence-corrected chi connectivity index (χ0v) is 8.05. The molecule has 1 aliphatic rings. The average Bonchev–Trinajstić information content (AvgIpc) is 1.82. The molecule has 0 fully saturated rings. The molecule has 0 aliphatic carbocycles. The summed E-state index contributed by atoms with van der Waals surface area (Å²) in [6, 6.07) is 0. The first-order chi connectivity index (χ1) is 5.27. The van der Waals surface area contributed by atoms with E-state index in [1.807, 2.05) is 27.7 Å². The van der Waals surface area contributed by atoms with Gasteiger partial charge in [0.2, 0.25) is 5.96 Å². The maximum absolute atomic E-state index is 5.77. The molecule has 4 N–H and O–H groups in total. The molecule has 0 amide bonds. The first-order valence-corrected chi connectivity index (χ1v) is 3.97. The third-order valence-corrected chi connectivity index (χ3v) is 2.80. The van der Waals surface area contributed by atoms with Gasteiger partial charge >= 0.3 is 0 Å². The highest BCUT2D eigenvalue weighted by Crippen LogP contribution is 2.36. The molecule has 0 saturated carbocycles. The molecule has 4 heteroatoms. The molecule has 0 aromatic carbocycles. The number of amidine groups is 1. The molecule has 1 aliphatic heterocycles. The summed E-state index contributed by atoms with van der Waals surface area (Å²) in [6.07, 6.45) is 0. The fourth-order valence-electron chi connectivity index (χ4n) is 1.03. The third-order valence-electron chi connectivity index (χ3n) is 2.80. The van der Waals surface area contributed by atoms with E-state index in [1.54, 1.807) is 0 Å². The van der Waals surface area contributed by atoms with Crippen LogP contribution < -0.4 is 11.5 Å². The van der Waals surface area contributed by atoms with Crippen molar-refractivity contribution >= 4 is 11.8 Å². The Morgan fingerprint density at radius 3 is 2.00 bits per heavy atom. The molecule has 0 aromatic rings. The van der Waals surface area contributed by atoms with E-state index in [2.05, 4.69) is 9.98 Å². The van der Waals surface area contributed by atoms with Crippen LogP contribution in [0.2, 0.25) is 0 Å². The maximum atomic E-state index is 5.77. The molecule has 0 saturated heterocycles. The molecular formula is C8H16N4. The highest BCUT2D eigenvalue weighted by molar-refractivity contribution is 6.00. The smallest absolute Gasteiger partial charge is 0.217 e. The van der Waals surface area contributed by atoms with Crippen LogP contribution in [0, 0.1) is 5.41 Å². The van der Waals surface area contributed by atoms with Crippen molar-refractivity contribution in [1.29, 1.82) is 0 Å². The molecule has 0 atom stereocenters. The van der Waals surface area contributed by atoms with Gasteiger partial charge in [-0.15, -0.1) is 0 Å². The van der Waals surface area contributed by atoms with Crippen LogP contribution in [0.25, 0.3) is 0 Å². The van der Waals surface area contributed by atoms with Gasteiger partial charge in [0.15, 0.2) is 0 Å². The van der Waals surface area contributed by atoms with Crippen LogP contribution in [0.1, 0.15) is 27.7 Å². The Morgan fingerprint density at radius 1 is 1.08 bits per heavy atom. The molecule has 4 nitrogen and oxygen atoms in total. The minimum atomic E-state index is -0.275. The fraction of sp³-hybridized carbons (Fsp3) is 0.750. The molecule has 0 bridgehead atoms. The number of rotatable bonds is 0. The van der Waals surface area contributed by atoms with Gasteiger partial charge in [0.05, 0.1) is 5.54 Å². The van der Waals surface area contributed by atoms with Gasteiger partial charge in [-0.2, -0.15) is 0 Å². The van der Waals surface area contributed by atoms with Gasteiger partial charge in [0, 0.05) is 5.41 Å². The van der Waals surface area contributed by atoms with Gasteiger partial charge in [-0.25, -0.2) is 9.98 Å². The van der Waals surface area contributed by atoms with E-state index < -0.39 is 0 Å². The Morgan fingerprint density at radius 2 is 1.58 bits per heavy atom. The lowest BCUT2D eigenvalue weighted by atomic mass is 9.73. The predicted molar refractivity (Wildman–Crippen MR) is 51.1 cm³/mol. The van der Waals surface area contributed by atoms with Gasteiger partial charge in [-0.3, -0.25) is 0 Å². The number of nitrogens with two attached hydrogens (primary N) is 2. The van der Waals surface area contributed by atoms with E-state index in [0.717, 1.165) is 0 Å². The van der Waals surface area contributed by atoms with E-state index >= 15 is 0 Å². The Labute approximate surface area is 72.8 Å². The van der Waals surface area contributed by atoms with E-state index in [0.29, 0.717) is 5.84 Å². The van der Waals surface area contributed by atoms with Crippen molar-refractivity contribution in [1.82, 2.24) is 0 Å². The maximum Gasteiger partial charge on any atom is 0.217 e. The second-order valence-corrected chi connectivity index (χ2v) is 4.15. The van der Waals surface area contributed by atoms with Crippen LogP contribution in [0.15, 0.2) is 9.98 Å². The summed E-state index contributed by atoms with van der Waals surface area (Å²) in [4.78, 5) is 8.20. The summed E-state index contributed by atoms with van der Waals surface area (Å²) in [5.41, 5.74) is 10.8. The summed E-state index contributed by atoms with van der Waals surface area (Å²) in [6.45, 7) is 8.03. The topological polar surface area (TPSA) is 76.8 Å². The average molecular weight is 168 g/mol. The lowest BCUT2D eigenvalue weighted by molar-refractivity contribution is 0.294. The van der Waals surface area contributed by atoms with Crippen molar-refractivity contribution in [3.63, 3.8) is 0 Å². The molecule has 0 unspecified atom stereocenters. The number of aliphatic imine (C=N–C) groups is 2. The summed E-state index contributed by atoms with van der Waals surface area (Å²) >= 11 is 0. The first-order valence-electron chi connectivity index (χ1n) is 3.97. The van der Waals surface area contributed by atoms with E-state index in [4.69, 9.17) is 11.5 Å². The first kappa shape index (κ1) is 9.03. The minimum absolute atomic E-state index is 0.226. The van der Waals surface area contributed by atoms with Crippen LogP contribution >= 0.6 is 0 Å². The van der Waals surface area contributed by atoms with Crippen molar-refractivity contribution in [3.8, 4) is 0 Å². The van der Waals surface area contributed by atoms with Crippen LogP contribution in [-0.4, -0.2) is 17.3 Å². The molecule has 1 rings (SSSR count). The molecule has 1 heterocycles. The van der Waals surface area contributed by atoms with Crippen molar-refractivity contribution < 1.29 is 0 Å². The molecule has 0 radical (unpaired) electrons. The van der Waals surface area contributed by atoms with Crippen LogP contribution in [0.4, 0.5) is 0 Å². The summed E-state index contributed by atoms with van der Waals surface area (Å²) in [5, 5.41) is 0. The Kier molecular flexibility index (Phi) is 1.67. The number of guanidine groups is 1. The second kappa shape index (κ2) is 2.21. The van der Waals surface area contributed by atoms with Crippen molar-refractivity contribution in [2.24, 2.45) is 26.9 Å². The Hall–Kier alpha value is -1.06. The van der Waals surface area contributed by atoms with Crippen molar-refractivity contribution in [2.45, 2.75) is 33.2 Å². The number of nitrogens with zero attached hydrogens (tertiary/aromatic N) is 2. The normalized spacial score (nSPS) is 26.0. The molecule has 0 aromatic heterocycles. The lowest BCUT2D eigenvalue weighted by Gasteiger charge is -2.40. The SMILES string of the molecule is CC1(C)N=C(N)N=C(N)C1(C)C. The predicted octanol–water partition coefficient (Wildman–Crippen LogP) is 0.477. The summed E-state index contributed by atoms with van der Waals surface area (Å²) in [7, 11) is 0. The zero-order chi connectivity index (χ0) is 9.57. The van der Waals surface area contributed by atoms with Gasteiger partial charge in [0.25, 0.3) is 0 Å². The van der Waals surface area contributed by atoms with Gasteiger partial charge in [-0.1, -0.05) is 13.8 Å². The zero-order valence-electron chi connectivity index (χ0n) is 8.05. The van der Waals surface area contributed by atoms with E-state index in [9.17, 15) is 0 Å². The van der Waals surface area contributed by atoms with Gasteiger partial charge < -0.3 is 11.5 Å². The second-order valence-electron chi connectivity index (χ2n) is 4.15. The van der Waals surface area contributed by atoms with Crippen LogP contribution in [-0.2, 0) is 0 Å². The number of hydrogen-bond donors (Lipinski definition) is 2. The summed E-state index contributed by atoms with van der Waals surface area (Å²) < 4.78 is 0. The number of hydrogen-bond acceptors (Lipinski definition) is 4. The highest BCUT2D eigenvalue weighted by atomic mass is 15.1. The third kappa shape index (κ3) is 1.07. The highest BCUT2D eigenvalue weighted by Gasteiger charge is 2.42. The van der Waals surface area contributed by atoms with Crippen molar-refractivity contribution in [3.05, 3.63) is 0 Å². The monoisotopic (exact) mass is 168 g/mol. The molecule has 68 valence electrons. The van der Waals surface area contributed by atoms with E-state index in [1.165, 1.54) is 0 Å². The summed E-state index contributed by atoms with van der Waals surface area (Å²) in [5.74, 6) is 0.830. The van der Waals surface area contributed by atoms with Gasteiger partial charge in [-0.05, 0) is 13.8 Å². The van der Waals surface area contributed by atoms with Crippen molar-refractivity contribution in [2.75, 3.05) is 0 Å². The molecule has 0 spiro atoms. The van der Waals surface area contributed by atoms with E-state index in [-0.39, 0.29) is 16.9 Å². The molecular weight excluding hydrogens is 152 g/mol. The van der Waals surface area contributed by atoms with Crippen LogP contribution in [0.5, 0.6) is 0 Å². The van der Waals surface area contributed by atoms with Gasteiger partial charge in [0.1, 0.15) is 5.84 Å².